The van der Waals surface area contributed by atoms with Crippen LogP contribution in [-0.4, -0.2) is 15.8 Å². The highest BCUT2D eigenvalue weighted by Gasteiger charge is 2.14. The van der Waals surface area contributed by atoms with Crippen molar-refractivity contribution in [2.75, 3.05) is 0 Å². The standard InChI is InChI=1S/C10H8N4O/c1-6-11-9-10(15-14-6)13-8-5-3-2-4-7(8)12-9/h2-5H,1H3,(H,11,12,14). The number of aromatic nitrogens is 2. The van der Waals surface area contributed by atoms with Crippen molar-refractivity contribution in [1.29, 1.82) is 0 Å². The molecule has 3 rings (SSSR count). The summed E-state index contributed by atoms with van der Waals surface area (Å²) in [6, 6.07) is 7.61. The fourth-order valence-electron chi connectivity index (χ4n) is 1.42. The van der Waals surface area contributed by atoms with Crippen LogP contribution in [0.5, 0.6) is 5.88 Å². The van der Waals surface area contributed by atoms with Crippen LogP contribution in [0.2, 0.25) is 0 Å². The SMILES string of the molecule is CC1=Nc2nc3ccccc3nc2ON1. The third-order valence-corrected chi connectivity index (χ3v) is 2.09. The van der Waals surface area contributed by atoms with E-state index in [2.05, 4.69) is 20.4 Å². The highest BCUT2D eigenvalue weighted by atomic mass is 16.7. The molecule has 0 radical (unpaired) electrons. The quantitative estimate of drug-likeness (QED) is 0.701. The van der Waals surface area contributed by atoms with Crippen molar-refractivity contribution in [3.05, 3.63) is 24.3 Å². The van der Waals surface area contributed by atoms with Crippen LogP contribution in [0.1, 0.15) is 6.92 Å². The van der Waals surface area contributed by atoms with Gasteiger partial charge in [-0.15, -0.1) is 0 Å². The molecule has 5 heteroatoms. The van der Waals surface area contributed by atoms with E-state index in [4.69, 9.17) is 4.84 Å². The summed E-state index contributed by atoms with van der Waals surface area (Å²) in [5, 5.41) is 0. The number of amidine groups is 1. The lowest BCUT2D eigenvalue weighted by atomic mass is 10.3. The molecule has 2 heterocycles. The van der Waals surface area contributed by atoms with Gasteiger partial charge in [0.25, 0.3) is 5.88 Å². The summed E-state index contributed by atoms with van der Waals surface area (Å²) in [7, 11) is 0. The smallest absolute Gasteiger partial charge is 0.291 e. The van der Waals surface area contributed by atoms with Crippen LogP contribution in [0.3, 0.4) is 0 Å². The lowest BCUT2D eigenvalue weighted by molar-refractivity contribution is 0.246. The zero-order chi connectivity index (χ0) is 10.3. The van der Waals surface area contributed by atoms with Crippen molar-refractivity contribution in [3.8, 4) is 5.88 Å². The normalized spacial score (nSPS) is 13.8. The Balaban J connectivity index is 2.30. The molecule has 0 bridgehead atoms. The van der Waals surface area contributed by atoms with Gasteiger partial charge in [-0.3, -0.25) is 0 Å². The number of rotatable bonds is 0. The van der Waals surface area contributed by atoms with E-state index in [0.29, 0.717) is 17.5 Å². The van der Waals surface area contributed by atoms with Crippen molar-refractivity contribution < 1.29 is 4.84 Å². The number of fused-ring (bicyclic) bond motifs is 2. The molecule has 1 aromatic heterocycles. The molecule has 0 amide bonds. The Morgan fingerprint density at radius 2 is 1.87 bits per heavy atom. The number of nitrogens with zero attached hydrogens (tertiary/aromatic N) is 3. The van der Waals surface area contributed by atoms with E-state index in [-0.39, 0.29) is 0 Å². The maximum Gasteiger partial charge on any atom is 0.291 e. The van der Waals surface area contributed by atoms with Crippen molar-refractivity contribution in [2.45, 2.75) is 6.92 Å². The molecule has 1 N–H and O–H groups in total. The number of para-hydroxylation sites is 2. The van der Waals surface area contributed by atoms with E-state index >= 15 is 0 Å². The first-order valence-electron chi connectivity index (χ1n) is 4.58. The van der Waals surface area contributed by atoms with E-state index in [9.17, 15) is 0 Å². The number of nitrogens with one attached hydrogen (secondary N) is 1. The van der Waals surface area contributed by atoms with E-state index in [0.717, 1.165) is 11.0 Å². The van der Waals surface area contributed by atoms with Gasteiger partial charge in [0, 0.05) is 0 Å². The Hall–Kier alpha value is -2.17. The van der Waals surface area contributed by atoms with Crippen LogP contribution < -0.4 is 10.3 Å². The zero-order valence-corrected chi connectivity index (χ0v) is 8.06. The van der Waals surface area contributed by atoms with Crippen LogP contribution in [0.15, 0.2) is 29.3 Å². The molecule has 0 atom stereocenters. The lowest BCUT2D eigenvalue weighted by Crippen LogP contribution is -2.27. The van der Waals surface area contributed by atoms with Gasteiger partial charge in [0.15, 0.2) is 0 Å². The second-order valence-electron chi connectivity index (χ2n) is 3.24. The van der Waals surface area contributed by atoms with Crippen LogP contribution in [0, 0.1) is 0 Å². The summed E-state index contributed by atoms with van der Waals surface area (Å²) in [5.74, 6) is 1.61. The number of hydroxylamine groups is 1. The number of benzene rings is 1. The topological polar surface area (TPSA) is 59.4 Å². The van der Waals surface area contributed by atoms with Crippen molar-refractivity contribution >= 4 is 22.7 Å². The zero-order valence-electron chi connectivity index (χ0n) is 8.06. The molecule has 74 valence electrons. The summed E-state index contributed by atoms with van der Waals surface area (Å²) in [6.07, 6.45) is 0. The molecule has 2 aromatic rings. The van der Waals surface area contributed by atoms with E-state index in [1.807, 2.05) is 24.3 Å². The lowest BCUT2D eigenvalue weighted by Gasteiger charge is -2.13. The highest BCUT2D eigenvalue weighted by Crippen LogP contribution is 2.27. The summed E-state index contributed by atoms with van der Waals surface area (Å²) in [6.45, 7) is 1.81. The van der Waals surface area contributed by atoms with Gasteiger partial charge in [0.2, 0.25) is 5.82 Å². The monoisotopic (exact) mass is 200 g/mol. The predicted octanol–water partition coefficient (Wildman–Crippen LogP) is 1.58. The summed E-state index contributed by atoms with van der Waals surface area (Å²) >= 11 is 0. The largest absolute Gasteiger partial charge is 0.356 e. The molecule has 1 aliphatic rings. The van der Waals surface area contributed by atoms with Gasteiger partial charge in [-0.05, 0) is 19.1 Å². The van der Waals surface area contributed by atoms with Crippen LogP contribution in [-0.2, 0) is 0 Å². The van der Waals surface area contributed by atoms with Crippen LogP contribution in [0.4, 0.5) is 5.82 Å². The molecule has 0 spiro atoms. The molecule has 0 fully saturated rings. The minimum atomic E-state index is 0.416. The molecule has 0 saturated carbocycles. The van der Waals surface area contributed by atoms with E-state index < -0.39 is 0 Å². The molecule has 15 heavy (non-hydrogen) atoms. The minimum Gasteiger partial charge on any atom is -0.356 e. The van der Waals surface area contributed by atoms with Gasteiger partial charge in [0.1, 0.15) is 5.84 Å². The van der Waals surface area contributed by atoms with Gasteiger partial charge in [0.05, 0.1) is 11.0 Å². The minimum absolute atomic E-state index is 0.416. The molecule has 0 unspecified atom stereocenters. The first-order chi connectivity index (χ1) is 7.33. The van der Waals surface area contributed by atoms with Crippen molar-refractivity contribution in [2.24, 2.45) is 4.99 Å². The molecule has 0 saturated heterocycles. The second-order valence-corrected chi connectivity index (χ2v) is 3.24. The Bertz CT molecular complexity index is 564. The van der Waals surface area contributed by atoms with Gasteiger partial charge in [-0.1, -0.05) is 12.1 Å². The Labute approximate surface area is 85.8 Å². The predicted molar refractivity (Wildman–Crippen MR) is 56.1 cm³/mol. The molecular weight excluding hydrogens is 192 g/mol. The molecule has 1 aliphatic heterocycles. The molecule has 0 aliphatic carbocycles. The fraction of sp³-hybridized carbons (Fsp3) is 0.100. The van der Waals surface area contributed by atoms with Gasteiger partial charge in [-0.2, -0.15) is 0 Å². The first kappa shape index (κ1) is 8.16. The summed E-state index contributed by atoms with van der Waals surface area (Å²) in [5.41, 5.74) is 4.27. The first-order valence-corrected chi connectivity index (χ1v) is 4.58. The molecule has 1 aromatic carbocycles. The highest BCUT2D eigenvalue weighted by molar-refractivity contribution is 5.85. The van der Waals surface area contributed by atoms with E-state index in [1.165, 1.54) is 0 Å². The average Bonchev–Trinajstić information content (AvgIpc) is 2.26. The van der Waals surface area contributed by atoms with Gasteiger partial charge >= 0.3 is 0 Å². The Kier molecular flexibility index (Phi) is 1.58. The average molecular weight is 200 g/mol. The summed E-state index contributed by atoms with van der Waals surface area (Å²) < 4.78 is 0. The number of hydrogen-bond acceptors (Lipinski definition) is 5. The van der Waals surface area contributed by atoms with Gasteiger partial charge < -0.3 is 4.84 Å². The van der Waals surface area contributed by atoms with E-state index in [1.54, 1.807) is 6.92 Å². The summed E-state index contributed by atoms with van der Waals surface area (Å²) in [4.78, 5) is 18.0. The van der Waals surface area contributed by atoms with Crippen molar-refractivity contribution in [1.82, 2.24) is 15.4 Å². The van der Waals surface area contributed by atoms with Crippen LogP contribution in [0.25, 0.3) is 11.0 Å². The Morgan fingerprint density at radius 3 is 2.67 bits per heavy atom. The number of aliphatic imine (C=N–C) groups is 1. The number of hydrogen-bond donors (Lipinski definition) is 1. The molecule has 5 nitrogen and oxygen atoms in total. The fourth-order valence-corrected chi connectivity index (χ4v) is 1.42. The third-order valence-electron chi connectivity index (χ3n) is 2.09. The second kappa shape index (κ2) is 2.91. The van der Waals surface area contributed by atoms with Gasteiger partial charge in [-0.25, -0.2) is 20.4 Å². The van der Waals surface area contributed by atoms with Crippen LogP contribution >= 0.6 is 0 Å². The van der Waals surface area contributed by atoms with Crippen molar-refractivity contribution in [3.63, 3.8) is 0 Å². The maximum atomic E-state index is 5.19. The Morgan fingerprint density at radius 1 is 1.13 bits per heavy atom. The third kappa shape index (κ3) is 1.28. The maximum absolute atomic E-state index is 5.19. The molecular formula is C10H8N4O.